The Morgan fingerprint density at radius 1 is 1.64 bits per heavy atom. The van der Waals surface area contributed by atoms with Crippen molar-refractivity contribution in [3.05, 3.63) is 41.0 Å². The molecule has 0 saturated carbocycles. The number of hydrogen-bond acceptors (Lipinski definition) is 3. The zero-order chi connectivity index (χ0) is 10.4. The van der Waals surface area contributed by atoms with Crippen molar-refractivity contribution >= 4 is 5.97 Å². The van der Waals surface area contributed by atoms with E-state index in [9.17, 15) is 4.79 Å². The fourth-order valence-electron chi connectivity index (χ4n) is 0.981. The van der Waals surface area contributed by atoms with Gasteiger partial charge in [-0.1, -0.05) is 0 Å². The zero-order valence-electron chi connectivity index (χ0n) is 7.86. The summed E-state index contributed by atoms with van der Waals surface area (Å²) in [5, 5.41) is 0. The van der Waals surface area contributed by atoms with Gasteiger partial charge in [0.2, 0.25) is 6.54 Å². The van der Waals surface area contributed by atoms with Gasteiger partial charge >= 0.3 is 5.97 Å². The van der Waals surface area contributed by atoms with Gasteiger partial charge in [0.1, 0.15) is 0 Å². The van der Waals surface area contributed by atoms with Gasteiger partial charge < -0.3 is 9.58 Å². The molecule has 1 rings (SSSR count). The van der Waals surface area contributed by atoms with E-state index in [0.717, 1.165) is 5.69 Å². The Balaban J connectivity index is 2.69. The third kappa shape index (κ3) is 2.56. The molecule has 14 heavy (non-hydrogen) atoms. The summed E-state index contributed by atoms with van der Waals surface area (Å²) in [6.07, 6.45) is 2.08. The van der Waals surface area contributed by atoms with Crippen LogP contribution in [-0.2, 0) is 11.2 Å². The summed E-state index contributed by atoms with van der Waals surface area (Å²) in [5.74, 6) is -0.394. The predicted molar refractivity (Wildman–Crippen MR) is 50.7 cm³/mol. The van der Waals surface area contributed by atoms with Crippen LogP contribution < -0.4 is 0 Å². The summed E-state index contributed by atoms with van der Waals surface area (Å²) < 4.78 is 4.53. The van der Waals surface area contributed by atoms with Crippen molar-refractivity contribution in [3.8, 4) is 0 Å². The molecule has 1 aromatic rings. The Kier molecular flexibility index (Phi) is 3.62. The Labute approximate surface area is 82.4 Å². The Morgan fingerprint density at radius 3 is 2.93 bits per heavy atom. The van der Waals surface area contributed by atoms with Crippen LogP contribution in [0.4, 0.5) is 0 Å². The second-order valence-corrected chi connectivity index (χ2v) is 2.66. The van der Waals surface area contributed by atoms with E-state index in [1.54, 1.807) is 12.1 Å². The number of carbonyl (C=O) groups excluding carboxylic acids is 1. The molecule has 0 unspecified atom stereocenters. The standard InChI is InChI=1S/C10H10N2O2/c1-11-6-5-9-4-3-8(7-12-9)10(13)14-2/h3-4,7H,5-6H2,2H3. The number of esters is 1. The van der Waals surface area contributed by atoms with E-state index < -0.39 is 5.97 Å². The van der Waals surface area contributed by atoms with Gasteiger partial charge in [-0.25, -0.2) is 11.4 Å². The fraction of sp³-hybridized carbons (Fsp3) is 0.300. The van der Waals surface area contributed by atoms with Crippen LogP contribution in [0.3, 0.4) is 0 Å². The van der Waals surface area contributed by atoms with E-state index in [2.05, 4.69) is 14.6 Å². The van der Waals surface area contributed by atoms with Crippen molar-refractivity contribution in [2.75, 3.05) is 13.7 Å². The van der Waals surface area contributed by atoms with Crippen molar-refractivity contribution < 1.29 is 9.53 Å². The summed E-state index contributed by atoms with van der Waals surface area (Å²) in [6.45, 7) is 7.04. The van der Waals surface area contributed by atoms with Crippen molar-refractivity contribution in [1.82, 2.24) is 4.98 Å². The average molecular weight is 190 g/mol. The van der Waals surface area contributed by atoms with E-state index in [4.69, 9.17) is 6.57 Å². The summed E-state index contributed by atoms with van der Waals surface area (Å²) in [6, 6.07) is 3.38. The zero-order valence-corrected chi connectivity index (χ0v) is 7.86. The van der Waals surface area contributed by atoms with Gasteiger partial charge in [0.15, 0.2) is 0 Å². The number of ether oxygens (including phenoxy) is 1. The van der Waals surface area contributed by atoms with Crippen LogP contribution in [0.15, 0.2) is 18.3 Å². The number of nitrogens with zero attached hydrogens (tertiary/aromatic N) is 2. The molecule has 0 fully saturated rings. The van der Waals surface area contributed by atoms with Crippen LogP contribution in [0, 0.1) is 6.57 Å². The molecular weight excluding hydrogens is 180 g/mol. The van der Waals surface area contributed by atoms with Crippen molar-refractivity contribution in [2.24, 2.45) is 0 Å². The average Bonchev–Trinajstić information content (AvgIpc) is 2.26. The van der Waals surface area contributed by atoms with Crippen LogP contribution in [-0.4, -0.2) is 24.6 Å². The highest BCUT2D eigenvalue weighted by Crippen LogP contribution is 2.02. The molecule has 0 aliphatic heterocycles. The molecule has 4 heteroatoms. The Hall–Kier alpha value is -1.89. The van der Waals surface area contributed by atoms with Gasteiger partial charge in [0.05, 0.1) is 19.1 Å². The number of carbonyl (C=O) groups is 1. The van der Waals surface area contributed by atoms with Crippen molar-refractivity contribution in [3.63, 3.8) is 0 Å². The topological polar surface area (TPSA) is 43.5 Å². The van der Waals surface area contributed by atoms with Crippen LogP contribution >= 0.6 is 0 Å². The van der Waals surface area contributed by atoms with Crippen molar-refractivity contribution in [1.29, 1.82) is 0 Å². The molecule has 72 valence electrons. The van der Waals surface area contributed by atoms with Gasteiger partial charge in [0, 0.05) is 11.9 Å². The molecule has 0 saturated heterocycles. The maximum absolute atomic E-state index is 11.0. The molecule has 0 radical (unpaired) electrons. The minimum absolute atomic E-state index is 0.394. The molecule has 0 aliphatic carbocycles. The fourth-order valence-corrected chi connectivity index (χ4v) is 0.981. The smallest absolute Gasteiger partial charge is 0.339 e. The minimum Gasteiger partial charge on any atom is -0.465 e. The first-order chi connectivity index (χ1) is 6.77. The summed E-state index contributed by atoms with van der Waals surface area (Å²) in [7, 11) is 1.33. The van der Waals surface area contributed by atoms with E-state index in [1.165, 1.54) is 13.3 Å². The van der Waals surface area contributed by atoms with E-state index >= 15 is 0 Å². The predicted octanol–water partition coefficient (Wildman–Crippen LogP) is 1.33. The molecule has 0 atom stereocenters. The molecule has 4 nitrogen and oxygen atoms in total. The van der Waals surface area contributed by atoms with Crippen LogP contribution in [0.2, 0.25) is 0 Å². The molecule has 0 N–H and O–H groups in total. The Morgan fingerprint density at radius 2 is 2.43 bits per heavy atom. The monoisotopic (exact) mass is 190 g/mol. The van der Waals surface area contributed by atoms with E-state index in [0.29, 0.717) is 18.5 Å². The summed E-state index contributed by atoms with van der Waals surface area (Å²) in [4.78, 5) is 18.3. The molecule has 1 aromatic heterocycles. The maximum Gasteiger partial charge on any atom is 0.339 e. The SMILES string of the molecule is [C-]#[N+]CCc1ccc(C(=O)OC)cn1. The molecule has 0 aliphatic rings. The minimum atomic E-state index is -0.394. The lowest BCUT2D eigenvalue weighted by atomic mass is 10.2. The summed E-state index contributed by atoms with van der Waals surface area (Å²) in [5.41, 5.74) is 1.24. The first kappa shape index (κ1) is 10.2. The van der Waals surface area contributed by atoms with Gasteiger partial charge in [-0.15, -0.1) is 0 Å². The van der Waals surface area contributed by atoms with Crippen molar-refractivity contribution in [2.45, 2.75) is 6.42 Å². The quantitative estimate of drug-likeness (QED) is 0.533. The van der Waals surface area contributed by atoms with Gasteiger partial charge in [-0.05, 0) is 12.1 Å². The van der Waals surface area contributed by atoms with E-state index in [1.807, 2.05) is 0 Å². The lowest BCUT2D eigenvalue weighted by Gasteiger charge is -1.99. The highest BCUT2D eigenvalue weighted by Gasteiger charge is 2.05. The second kappa shape index (κ2) is 4.97. The number of rotatable bonds is 3. The lowest BCUT2D eigenvalue weighted by Crippen LogP contribution is -2.02. The number of aromatic nitrogens is 1. The highest BCUT2D eigenvalue weighted by molar-refractivity contribution is 5.88. The van der Waals surface area contributed by atoms with Gasteiger partial charge in [0.25, 0.3) is 0 Å². The van der Waals surface area contributed by atoms with Crippen LogP contribution in [0.25, 0.3) is 4.85 Å². The number of hydrogen-bond donors (Lipinski definition) is 0. The lowest BCUT2D eigenvalue weighted by molar-refractivity contribution is 0.0600. The first-order valence-corrected chi connectivity index (χ1v) is 4.14. The maximum atomic E-state index is 11.0. The third-order valence-corrected chi connectivity index (χ3v) is 1.73. The summed E-state index contributed by atoms with van der Waals surface area (Å²) >= 11 is 0. The van der Waals surface area contributed by atoms with Crippen LogP contribution in [0.1, 0.15) is 16.1 Å². The largest absolute Gasteiger partial charge is 0.465 e. The molecule has 1 heterocycles. The third-order valence-electron chi connectivity index (χ3n) is 1.73. The molecule has 0 amide bonds. The molecular formula is C10H10N2O2. The van der Waals surface area contributed by atoms with E-state index in [-0.39, 0.29) is 0 Å². The normalized spacial score (nSPS) is 9.14. The molecule has 0 bridgehead atoms. The molecule has 0 spiro atoms. The Bertz CT molecular complexity index is 351. The number of methoxy groups -OCH3 is 1. The first-order valence-electron chi connectivity index (χ1n) is 4.14. The molecule has 0 aromatic carbocycles. The highest BCUT2D eigenvalue weighted by atomic mass is 16.5. The van der Waals surface area contributed by atoms with Crippen LogP contribution in [0.5, 0.6) is 0 Å². The van der Waals surface area contributed by atoms with Gasteiger partial charge in [-0.2, -0.15) is 0 Å². The second-order valence-electron chi connectivity index (χ2n) is 2.66. The number of pyridine rings is 1. The van der Waals surface area contributed by atoms with Gasteiger partial charge in [-0.3, -0.25) is 4.98 Å².